The normalized spacial score (nSPS) is 16.3. The van der Waals surface area contributed by atoms with Crippen LogP contribution in [0.3, 0.4) is 0 Å². The van der Waals surface area contributed by atoms with Gasteiger partial charge in [0.25, 0.3) is 0 Å². The number of nitrogens with one attached hydrogen (secondary N) is 1. The SMILES string of the molecule is O=C(CC1CCCC1)Nc1cc(Br)ccn1. The van der Waals surface area contributed by atoms with E-state index >= 15 is 0 Å². The molecule has 86 valence electrons. The summed E-state index contributed by atoms with van der Waals surface area (Å²) in [4.78, 5) is 15.8. The number of nitrogens with zero attached hydrogens (tertiary/aromatic N) is 1. The predicted octanol–water partition coefficient (Wildman–Crippen LogP) is 3.36. The molecular formula is C12H15BrN2O. The summed E-state index contributed by atoms with van der Waals surface area (Å²) in [7, 11) is 0. The largest absolute Gasteiger partial charge is 0.311 e. The smallest absolute Gasteiger partial charge is 0.225 e. The lowest BCUT2D eigenvalue weighted by Gasteiger charge is -2.08. The van der Waals surface area contributed by atoms with Crippen LogP contribution in [0.2, 0.25) is 0 Å². The molecule has 3 nitrogen and oxygen atoms in total. The lowest BCUT2D eigenvalue weighted by molar-refractivity contribution is -0.117. The number of anilines is 1. The van der Waals surface area contributed by atoms with Crippen LogP contribution in [0.5, 0.6) is 0 Å². The number of carbonyl (C=O) groups excluding carboxylic acids is 1. The molecule has 1 aromatic rings. The molecule has 0 atom stereocenters. The van der Waals surface area contributed by atoms with E-state index in [-0.39, 0.29) is 5.91 Å². The Bertz CT molecular complexity index is 375. The summed E-state index contributed by atoms with van der Waals surface area (Å²) >= 11 is 3.35. The maximum atomic E-state index is 11.7. The van der Waals surface area contributed by atoms with E-state index < -0.39 is 0 Å². The van der Waals surface area contributed by atoms with Crippen molar-refractivity contribution in [2.24, 2.45) is 5.92 Å². The predicted molar refractivity (Wildman–Crippen MR) is 67.1 cm³/mol. The van der Waals surface area contributed by atoms with Crippen molar-refractivity contribution in [1.82, 2.24) is 4.98 Å². The van der Waals surface area contributed by atoms with Gasteiger partial charge in [0.2, 0.25) is 5.91 Å². The second-order valence-electron chi connectivity index (χ2n) is 4.26. The maximum Gasteiger partial charge on any atom is 0.225 e. The molecule has 0 aromatic carbocycles. The molecule has 0 aliphatic heterocycles. The van der Waals surface area contributed by atoms with Gasteiger partial charge in [0.15, 0.2) is 0 Å². The van der Waals surface area contributed by atoms with E-state index in [1.807, 2.05) is 12.1 Å². The van der Waals surface area contributed by atoms with Gasteiger partial charge in [-0.15, -0.1) is 0 Å². The first-order valence-corrected chi connectivity index (χ1v) is 6.45. The van der Waals surface area contributed by atoms with Gasteiger partial charge in [0.1, 0.15) is 5.82 Å². The number of halogens is 1. The van der Waals surface area contributed by atoms with Crippen molar-refractivity contribution in [1.29, 1.82) is 0 Å². The second-order valence-corrected chi connectivity index (χ2v) is 5.18. The summed E-state index contributed by atoms with van der Waals surface area (Å²) in [5.41, 5.74) is 0. The number of hydrogen-bond acceptors (Lipinski definition) is 2. The molecule has 0 saturated heterocycles. The molecule has 0 spiro atoms. The number of aromatic nitrogens is 1. The van der Waals surface area contributed by atoms with Gasteiger partial charge in [0.05, 0.1) is 0 Å². The van der Waals surface area contributed by atoms with Gasteiger partial charge >= 0.3 is 0 Å². The zero-order valence-corrected chi connectivity index (χ0v) is 10.7. The number of carbonyl (C=O) groups is 1. The monoisotopic (exact) mass is 282 g/mol. The minimum absolute atomic E-state index is 0.0810. The van der Waals surface area contributed by atoms with Crippen molar-refractivity contribution in [2.75, 3.05) is 5.32 Å². The highest BCUT2D eigenvalue weighted by Crippen LogP contribution is 2.27. The fourth-order valence-corrected chi connectivity index (χ4v) is 2.48. The quantitative estimate of drug-likeness (QED) is 0.924. The molecule has 1 aliphatic rings. The zero-order valence-electron chi connectivity index (χ0n) is 9.08. The highest BCUT2D eigenvalue weighted by molar-refractivity contribution is 9.10. The van der Waals surface area contributed by atoms with Crippen LogP contribution in [0.1, 0.15) is 32.1 Å². The van der Waals surface area contributed by atoms with Crippen LogP contribution in [0, 0.1) is 5.92 Å². The average Bonchev–Trinajstić information content (AvgIpc) is 2.70. The molecule has 1 fully saturated rings. The second kappa shape index (κ2) is 5.43. The summed E-state index contributed by atoms with van der Waals surface area (Å²) < 4.78 is 0.929. The Balaban J connectivity index is 1.86. The van der Waals surface area contributed by atoms with Crippen molar-refractivity contribution in [3.05, 3.63) is 22.8 Å². The molecule has 16 heavy (non-hydrogen) atoms. The molecule has 1 saturated carbocycles. The Labute approximate surface area is 104 Å². The number of amides is 1. The van der Waals surface area contributed by atoms with E-state index in [4.69, 9.17) is 0 Å². The van der Waals surface area contributed by atoms with Gasteiger partial charge in [-0.25, -0.2) is 4.98 Å². The first-order valence-electron chi connectivity index (χ1n) is 5.65. The lowest BCUT2D eigenvalue weighted by atomic mass is 10.0. The summed E-state index contributed by atoms with van der Waals surface area (Å²) in [6, 6.07) is 3.65. The van der Waals surface area contributed by atoms with Crippen LogP contribution < -0.4 is 5.32 Å². The van der Waals surface area contributed by atoms with Crippen molar-refractivity contribution in [3.8, 4) is 0 Å². The van der Waals surface area contributed by atoms with Crippen LogP contribution in [-0.4, -0.2) is 10.9 Å². The van der Waals surface area contributed by atoms with Gasteiger partial charge in [-0.1, -0.05) is 28.8 Å². The van der Waals surface area contributed by atoms with Gasteiger partial charge in [-0.05, 0) is 30.9 Å². The molecule has 2 rings (SSSR count). The van der Waals surface area contributed by atoms with E-state index in [1.165, 1.54) is 25.7 Å². The maximum absolute atomic E-state index is 11.7. The summed E-state index contributed by atoms with van der Waals surface area (Å²) in [6.45, 7) is 0. The van der Waals surface area contributed by atoms with Gasteiger partial charge in [-0.3, -0.25) is 4.79 Å². The van der Waals surface area contributed by atoms with Crippen molar-refractivity contribution >= 4 is 27.7 Å². The standard InChI is InChI=1S/C12H15BrN2O/c13-10-5-6-14-11(8-10)15-12(16)7-9-3-1-2-4-9/h5-6,8-9H,1-4,7H2,(H,14,15,16). The Morgan fingerprint density at radius 2 is 2.25 bits per heavy atom. The van der Waals surface area contributed by atoms with Crippen LogP contribution in [0.4, 0.5) is 5.82 Å². The Kier molecular flexibility index (Phi) is 3.93. The van der Waals surface area contributed by atoms with Crippen LogP contribution in [0.25, 0.3) is 0 Å². The molecule has 1 aliphatic carbocycles. The fraction of sp³-hybridized carbons (Fsp3) is 0.500. The van der Waals surface area contributed by atoms with Crippen LogP contribution >= 0.6 is 15.9 Å². The number of hydrogen-bond donors (Lipinski definition) is 1. The molecule has 0 radical (unpaired) electrons. The van der Waals surface area contributed by atoms with Gasteiger partial charge < -0.3 is 5.32 Å². The molecule has 1 heterocycles. The van der Waals surface area contributed by atoms with Gasteiger partial charge in [0, 0.05) is 17.1 Å². The average molecular weight is 283 g/mol. The molecule has 4 heteroatoms. The Morgan fingerprint density at radius 1 is 1.50 bits per heavy atom. The van der Waals surface area contributed by atoms with Crippen molar-refractivity contribution in [3.63, 3.8) is 0 Å². The first-order chi connectivity index (χ1) is 7.74. The van der Waals surface area contributed by atoms with Crippen molar-refractivity contribution < 1.29 is 4.79 Å². The molecule has 1 N–H and O–H groups in total. The third-order valence-electron chi connectivity index (χ3n) is 2.94. The Morgan fingerprint density at radius 3 is 2.94 bits per heavy atom. The minimum Gasteiger partial charge on any atom is -0.311 e. The van der Waals surface area contributed by atoms with E-state index in [9.17, 15) is 4.79 Å². The molecule has 1 amide bonds. The minimum atomic E-state index is 0.0810. The molecule has 1 aromatic heterocycles. The highest BCUT2D eigenvalue weighted by Gasteiger charge is 2.18. The van der Waals surface area contributed by atoms with E-state index in [2.05, 4.69) is 26.2 Å². The lowest BCUT2D eigenvalue weighted by Crippen LogP contribution is -2.15. The highest BCUT2D eigenvalue weighted by atomic mass is 79.9. The summed E-state index contributed by atoms with van der Waals surface area (Å²) in [6.07, 6.45) is 7.24. The van der Waals surface area contributed by atoms with E-state index in [0.29, 0.717) is 18.2 Å². The summed E-state index contributed by atoms with van der Waals surface area (Å²) in [5.74, 6) is 1.28. The zero-order chi connectivity index (χ0) is 11.4. The molecule has 0 unspecified atom stereocenters. The third-order valence-corrected chi connectivity index (χ3v) is 3.43. The number of pyridine rings is 1. The third kappa shape index (κ3) is 3.30. The first kappa shape index (κ1) is 11.6. The fourth-order valence-electron chi connectivity index (χ4n) is 2.14. The van der Waals surface area contributed by atoms with E-state index in [0.717, 1.165) is 4.47 Å². The molecular weight excluding hydrogens is 268 g/mol. The van der Waals surface area contributed by atoms with E-state index in [1.54, 1.807) is 6.20 Å². The number of rotatable bonds is 3. The Hall–Kier alpha value is -0.900. The topological polar surface area (TPSA) is 42.0 Å². The van der Waals surface area contributed by atoms with Crippen LogP contribution in [0.15, 0.2) is 22.8 Å². The van der Waals surface area contributed by atoms with Crippen molar-refractivity contribution in [2.45, 2.75) is 32.1 Å². The molecule has 0 bridgehead atoms. The summed E-state index contributed by atoms with van der Waals surface area (Å²) in [5, 5.41) is 2.83. The van der Waals surface area contributed by atoms with Gasteiger partial charge in [-0.2, -0.15) is 0 Å². The van der Waals surface area contributed by atoms with Crippen LogP contribution in [-0.2, 0) is 4.79 Å².